The van der Waals surface area contributed by atoms with Crippen LogP contribution in [0.5, 0.6) is 17.2 Å². The van der Waals surface area contributed by atoms with Gasteiger partial charge < -0.3 is 19.5 Å². The maximum Gasteiger partial charge on any atom is 0.232 e. The molecule has 1 N–H and O–H groups in total. The fraction of sp³-hybridized carbons (Fsp3) is 0.409. The highest BCUT2D eigenvalue weighted by Gasteiger charge is 2.21. The van der Waals surface area contributed by atoms with E-state index in [9.17, 15) is 13.2 Å². The number of fused-ring (bicyclic) bond motifs is 1. The van der Waals surface area contributed by atoms with Gasteiger partial charge in [-0.15, -0.1) is 0 Å². The van der Waals surface area contributed by atoms with Crippen LogP contribution in [0.4, 0.5) is 11.4 Å². The summed E-state index contributed by atoms with van der Waals surface area (Å²) >= 11 is 0. The van der Waals surface area contributed by atoms with E-state index in [4.69, 9.17) is 14.2 Å². The molecule has 0 radical (unpaired) electrons. The predicted octanol–water partition coefficient (Wildman–Crippen LogP) is 3.43. The molecule has 31 heavy (non-hydrogen) atoms. The fourth-order valence-corrected chi connectivity index (χ4v) is 4.13. The van der Waals surface area contributed by atoms with Gasteiger partial charge in [0.1, 0.15) is 19.0 Å². The van der Waals surface area contributed by atoms with E-state index in [1.165, 1.54) is 4.31 Å². The molecule has 0 saturated carbocycles. The van der Waals surface area contributed by atoms with E-state index in [0.29, 0.717) is 42.5 Å². The smallest absolute Gasteiger partial charge is 0.232 e. The first-order valence-electron chi connectivity index (χ1n) is 10.2. The number of rotatable bonds is 9. The van der Waals surface area contributed by atoms with Crippen molar-refractivity contribution < 1.29 is 27.4 Å². The number of nitrogens with one attached hydrogen (secondary N) is 1. The first-order valence-corrected chi connectivity index (χ1v) is 12.0. The molecule has 0 bridgehead atoms. The quantitative estimate of drug-likeness (QED) is 0.632. The lowest BCUT2D eigenvalue weighted by atomic mass is 10.2. The number of benzene rings is 2. The Labute approximate surface area is 183 Å². The van der Waals surface area contributed by atoms with Crippen LogP contribution < -0.4 is 23.8 Å². The van der Waals surface area contributed by atoms with Gasteiger partial charge in [-0.3, -0.25) is 9.10 Å². The Bertz CT molecular complexity index is 1010. The Balaban J connectivity index is 1.57. The van der Waals surface area contributed by atoms with Gasteiger partial charge in [-0.1, -0.05) is 0 Å². The fourth-order valence-electron chi connectivity index (χ4n) is 3.17. The van der Waals surface area contributed by atoms with Crippen molar-refractivity contribution in [2.75, 3.05) is 35.6 Å². The van der Waals surface area contributed by atoms with Crippen molar-refractivity contribution in [3.63, 3.8) is 0 Å². The molecule has 3 rings (SSSR count). The first-order chi connectivity index (χ1) is 14.7. The molecule has 1 heterocycles. The number of hydrogen-bond acceptors (Lipinski definition) is 6. The molecule has 0 spiro atoms. The van der Waals surface area contributed by atoms with Crippen molar-refractivity contribution in [2.24, 2.45) is 0 Å². The first kappa shape index (κ1) is 22.7. The van der Waals surface area contributed by atoms with E-state index < -0.39 is 10.0 Å². The lowest BCUT2D eigenvalue weighted by Gasteiger charge is -2.25. The number of nitrogens with zero attached hydrogens (tertiary/aromatic N) is 1. The van der Waals surface area contributed by atoms with Crippen LogP contribution >= 0.6 is 0 Å². The monoisotopic (exact) mass is 448 g/mol. The SMILES string of the molecule is CC(C)Oc1ccc(NC(=O)CCCN(c2ccc3c(c2)OCCO3)S(C)(=O)=O)cc1. The number of sulfonamides is 1. The zero-order valence-electron chi connectivity index (χ0n) is 18.0. The number of anilines is 2. The maximum atomic E-state index is 12.3. The number of amides is 1. The van der Waals surface area contributed by atoms with Gasteiger partial charge in [0, 0.05) is 24.7 Å². The summed E-state index contributed by atoms with van der Waals surface area (Å²) in [7, 11) is -3.52. The molecule has 0 aromatic heterocycles. The molecule has 0 fully saturated rings. The molecule has 0 aliphatic carbocycles. The van der Waals surface area contributed by atoms with Crippen LogP contribution in [0.2, 0.25) is 0 Å². The van der Waals surface area contributed by atoms with Crippen LogP contribution in [-0.2, 0) is 14.8 Å². The van der Waals surface area contributed by atoms with Gasteiger partial charge in [0.15, 0.2) is 11.5 Å². The largest absolute Gasteiger partial charge is 0.491 e. The molecule has 1 amide bonds. The van der Waals surface area contributed by atoms with Crippen LogP contribution in [0, 0.1) is 0 Å². The normalized spacial score (nSPS) is 13.0. The topological polar surface area (TPSA) is 94.2 Å². The third-order valence-corrected chi connectivity index (χ3v) is 5.68. The van der Waals surface area contributed by atoms with Crippen molar-refractivity contribution in [3.8, 4) is 17.2 Å². The number of carbonyl (C=O) groups is 1. The number of ether oxygens (including phenoxy) is 3. The molecule has 1 aliphatic heterocycles. The van der Waals surface area contributed by atoms with Crippen LogP contribution in [-0.4, -0.2) is 46.4 Å². The minimum absolute atomic E-state index is 0.0763. The average Bonchev–Trinajstić information content (AvgIpc) is 2.71. The van der Waals surface area contributed by atoms with Crippen molar-refractivity contribution in [1.82, 2.24) is 0 Å². The molecule has 2 aromatic carbocycles. The summed E-state index contributed by atoms with van der Waals surface area (Å²) in [6.45, 7) is 4.94. The van der Waals surface area contributed by atoms with Gasteiger partial charge in [-0.05, 0) is 56.7 Å². The van der Waals surface area contributed by atoms with Crippen LogP contribution in [0.25, 0.3) is 0 Å². The lowest BCUT2D eigenvalue weighted by molar-refractivity contribution is -0.116. The lowest BCUT2D eigenvalue weighted by Crippen LogP contribution is -2.31. The second-order valence-electron chi connectivity index (χ2n) is 7.51. The molecule has 0 atom stereocenters. The van der Waals surface area contributed by atoms with Crippen molar-refractivity contribution in [3.05, 3.63) is 42.5 Å². The molecule has 0 unspecified atom stereocenters. The van der Waals surface area contributed by atoms with Crippen molar-refractivity contribution in [2.45, 2.75) is 32.8 Å². The zero-order valence-corrected chi connectivity index (χ0v) is 18.8. The van der Waals surface area contributed by atoms with Gasteiger partial charge in [0.2, 0.25) is 15.9 Å². The minimum Gasteiger partial charge on any atom is -0.491 e. The summed E-state index contributed by atoms with van der Waals surface area (Å²) in [6.07, 6.45) is 1.76. The molecule has 168 valence electrons. The molecular formula is C22H28N2O6S. The summed E-state index contributed by atoms with van der Waals surface area (Å²) in [5.41, 5.74) is 1.14. The molecule has 1 aliphatic rings. The van der Waals surface area contributed by atoms with Gasteiger partial charge in [-0.25, -0.2) is 8.42 Å². The van der Waals surface area contributed by atoms with E-state index in [1.54, 1.807) is 42.5 Å². The highest BCUT2D eigenvalue weighted by molar-refractivity contribution is 7.92. The Kier molecular flexibility index (Phi) is 7.27. The van der Waals surface area contributed by atoms with E-state index in [1.807, 2.05) is 13.8 Å². The van der Waals surface area contributed by atoms with Gasteiger partial charge in [-0.2, -0.15) is 0 Å². The second-order valence-corrected chi connectivity index (χ2v) is 9.41. The highest BCUT2D eigenvalue weighted by Crippen LogP contribution is 2.34. The Morgan fingerprint density at radius 3 is 2.42 bits per heavy atom. The molecular weight excluding hydrogens is 420 g/mol. The molecule has 8 nitrogen and oxygen atoms in total. The molecule has 9 heteroatoms. The highest BCUT2D eigenvalue weighted by atomic mass is 32.2. The Morgan fingerprint density at radius 1 is 1.10 bits per heavy atom. The Hall–Kier alpha value is -2.94. The van der Waals surface area contributed by atoms with E-state index in [-0.39, 0.29) is 25.0 Å². The third-order valence-electron chi connectivity index (χ3n) is 4.49. The van der Waals surface area contributed by atoms with E-state index in [0.717, 1.165) is 12.0 Å². The molecule has 0 saturated heterocycles. The second kappa shape index (κ2) is 9.91. The van der Waals surface area contributed by atoms with Crippen molar-refractivity contribution >= 4 is 27.3 Å². The van der Waals surface area contributed by atoms with Gasteiger partial charge in [0.25, 0.3) is 0 Å². The average molecular weight is 449 g/mol. The summed E-state index contributed by atoms with van der Waals surface area (Å²) in [5, 5.41) is 2.82. The number of carbonyl (C=O) groups excluding carboxylic acids is 1. The Morgan fingerprint density at radius 2 is 1.77 bits per heavy atom. The predicted molar refractivity (Wildman–Crippen MR) is 120 cm³/mol. The summed E-state index contributed by atoms with van der Waals surface area (Å²) < 4.78 is 42.5. The van der Waals surface area contributed by atoms with E-state index in [2.05, 4.69) is 5.32 Å². The van der Waals surface area contributed by atoms with Crippen LogP contribution in [0.15, 0.2) is 42.5 Å². The maximum absolute atomic E-state index is 12.3. The zero-order chi connectivity index (χ0) is 22.4. The minimum atomic E-state index is -3.52. The summed E-state index contributed by atoms with van der Waals surface area (Å²) in [5.74, 6) is 1.65. The number of hydrogen-bond donors (Lipinski definition) is 1. The summed E-state index contributed by atoms with van der Waals surface area (Å²) in [6, 6.07) is 12.2. The van der Waals surface area contributed by atoms with E-state index >= 15 is 0 Å². The van der Waals surface area contributed by atoms with Crippen LogP contribution in [0.1, 0.15) is 26.7 Å². The summed E-state index contributed by atoms with van der Waals surface area (Å²) in [4.78, 5) is 12.3. The third kappa shape index (κ3) is 6.52. The van der Waals surface area contributed by atoms with Gasteiger partial charge in [0.05, 0.1) is 18.0 Å². The van der Waals surface area contributed by atoms with Crippen molar-refractivity contribution in [1.29, 1.82) is 0 Å². The van der Waals surface area contributed by atoms with Gasteiger partial charge >= 0.3 is 0 Å². The standard InChI is InChI=1S/C22H28N2O6S/c1-16(2)30-19-9-6-17(7-10-19)23-22(25)5-4-12-24(31(3,26)27)18-8-11-20-21(15-18)29-14-13-28-20/h6-11,15-16H,4-5,12-14H2,1-3H3,(H,23,25). The van der Waals surface area contributed by atoms with Crippen LogP contribution in [0.3, 0.4) is 0 Å². The molecule has 2 aromatic rings.